The lowest BCUT2D eigenvalue weighted by atomic mass is 10.2. The number of benzene rings is 2. The van der Waals surface area contributed by atoms with Crippen molar-refractivity contribution in [3.05, 3.63) is 65.5 Å². The van der Waals surface area contributed by atoms with Gasteiger partial charge in [-0.3, -0.25) is 4.79 Å². The second-order valence-electron chi connectivity index (χ2n) is 6.14. The lowest BCUT2D eigenvalue weighted by molar-refractivity contribution is -0.115. The topological polar surface area (TPSA) is 85.4 Å². The van der Waals surface area contributed by atoms with Crippen molar-refractivity contribution < 1.29 is 17.9 Å². The van der Waals surface area contributed by atoms with E-state index in [1.807, 2.05) is 35.7 Å². The van der Waals surface area contributed by atoms with Crippen LogP contribution in [0.25, 0.3) is 11.3 Å². The van der Waals surface area contributed by atoms with E-state index in [1.165, 1.54) is 11.3 Å². The van der Waals surface area contributed by atoms with Gasteiger partial charge in [-0.25, -0.2) is 13.4 Å². The van der Waals surface area contributed by atoms with Crippen molar-refractivity contribution in [3.8, 4) is 17.0 Å². The number of methoxy groups -OCH3 is 1. The average Bonchev–Trinajstić information content (AvgIpc) is 3.15. The summed E-state index contributed by atoms with van der Waals surface area (Å²) in [6.45, 7) is 0. The zero-order valence-corrected chi connectivity index (χ0v) is 16.9. The molecular weight excluding hydrogens is 396 g/mol. The Morgan fingerprint density at radius 3 is 2.50 bits per heavy atom. The number of nitrogens with zero attached hydrogens (tertiary/aromatic N) is 1. The molecule has 2 aromatic carbocycles. The van der Waals surface area contributed by atoms with Gasteiger partial charge in [0.2, 0.25) is 5.91 Å². The molecular formula is C20H20N2O4S2. The highest BCUT2D eigenvalue weighted by Gasteiger charge is 2.15. The van der Waals surface area contributed by atoms with Gasteiger partial charge < -0.3 is 10.1 Å². The summed E-state index contributed by atoms with van der Waals surface area (Å²) in [4.78, 5) is 16.5. The van der Waals surface area contributed by atoms with E-state index >= 15 is 0 Å². The number of rotatable bonds is 8. The molecule has 0 spiro atoms. The Morgan fingerprint density at radius 2 is 1.82 bits per heavy atom. The highest BCUT2D eigenvalue weighted by molar-refractivity contribution is 7.90. The number of amides is 1. The van der Waals surface area contributed by atoms with Crippen LogP contribution >= 0.6 is 11.3 Å². The first kappa shape index (κ1) is 20.0. The van der Waals surface area contributed by atoms with Gasteiger partial charge in [-0.05, 0) is 29.8 Å². The molecule has 0 aliphatic carbocycles. The van der Waals surface area contributed by atoms with Gasteiger partial charge in [-0.2, -0.15) is 0 Å². The van der Waals surface area contributed by atoms with Gasteiger partial charge in [0.15, 0.2) is 15.0 Å². The largest absolute Gasteiger partial charge is 0.497 e. The fourth-order valence-electron chi connectivity index (χ4n) is 2.56. The molecule has 8 heteroatoms. The van der Waals surface area contributed by atoms with Gasteiger partial charge in [0.05, 0.1) is 24.3 Å². The minimum atomic E-state index is -3.36. The molecule has 0 radical (unpaired) electrons. The Hall–Kier alpha value is -2.71. The first-order chi connectivity index (χ1) is 13.4. The van der Waals surface area contributed by atoms with Crippen molar-refractivity contribution in [1.82, 2.24) is 4.98 Å². The summed E-state index contributed by atoms with van der Waals surface area (Å²) in [5.41, 5.74) is 2.36. The zero-order chi connectivity index (χ0) is 20.0. The molecule has 0 saturated carbocycles. The number of hydrogen-bond acceptors (Lipinski definition) is 6. The summed E-state index contributed by atoms with van der Waals surface area (Å²) in [5, 5.41) is 4.95. The second-order valence-corrected chi connectivity index (χ2v) is 9.18. The number of thiazole rings is 1. The number of sulfone groups is 1. The Labute approximate surface area is 168 Å². The predicted molar refractivity (Wildman–Crippen MR) is 111 cm³/mol. The van der Waals surface area contributed by atoms with Crippen LogP contribution in [-0.4, -0.2) is 32.2 Å². The molecule has 1 aromatic heterocycles. The van der Waals surface area contributed by atoms with Gasteiger partial charge >= 0.3 is 0 Å². The Kier molecular flexibility index (Phi) is 6.43. The highest BCUT2D eigenvalue weighted by atomic mass is 32.2. The number of aromatic nitrogens is 1. The van der Waals surface area contributed by atoms with E-state index in [9.17, 15) is 13.2 Å². The molecule has 1 heterocycles. The van der Waals surface area contributed by atoms with Gasteiger partial charge in [-0.15, -0.1) is 11.3 Å². The van der Waals surface area contributed by atoms with E-state index < -0.39 is 9.84 Å². The van der Waals surface area contributed by atoms with E-state index in [1.54, 1.807) is 31.4 Å². The predicted octanol–water partition coefficient (Wildman–Crippen LogP) is 3.76. The standard InChI is InChI=1S/C20H20N2O4S2/c1-26-17-9-7-16(8-10-17)18-13-27-20(21-18)22-19(23)11-12-28(24,25)14-15-5-3-2-4-6-15/h2-10,13H,11-12,14H2,1H3,(H,21,22,23). The molecule has 0 bridgehead atoms. The number of hydrogen-bond donors (Lipinski definition) is 1. The van der Waals surface area contributed by atoms with E-state index in [0.717, 1.165) is 17.0 Å². The van der Waals surface area contributed by atoms with Gasteiger partial charge in [0, 0.05) is 17.4 Å². The third-order valence-electron chi connectivity index (χ3n) is 4.01. The molecule has 0 atom stereocenters. The molecule has 146 valence electrons. The SMILES string of the molecule is COc1ccc(-c2csc(NC(=O)CCS(=O)(=O)Cc3ccccc3)n2)cc1. The summed E-state index contributed by atoms with van der Waals surface area (Å²) < 4.78 is 29.5. The van der Waals surface area contributed by atoms with Crippen molar-refractivity contribution in [2.75, 3.05) is 18.2 Å². The van der Waals surface area contributed by atoms with Crippen LogP contribution < -0.4 is 10.1 Å². The number of anilines is 1. The van der Waals surface area contributed by atoms with Crippen LogP contribution in [0.1, 0.15) is 12.0 Å². The number of nitrogens with one attached hydrogen (secondary N) is 1. The lowest BCUT2D eigenvalue weighted by Crippen LogP contribution is -2.18. The highest BCUT2D eigenvalue weighted by Crippen LogP contribution is 2.26. The fourth-order valence-corrected chi connectivity index (χ4v) is 4.63. The van der Waals surface area contributed by atoms with E-state index in [-0.39, 0.29) is 23.8 Å². The molecule has 1 amide bonds. The van der Waals surface area contributed by atoms with Crippen molar-refractivity contribution in [1.29, 1.82) is 0 Å². The van der Waals surface area contributed by atoms with Crippen LogP contribution in [0.3, 0.4) is 0 Å². The molecule has 0 aliphatic heterocycles. The van der Waals surface area contributed by atoms with Crippen LogP contribution in [-0.2, 0) is 20.4 Å². The Morgan fingerprint density at radius 1 is 1.11 bits per heavy atom. The number of ether oxygens (including phenoxy) is 1. The normalized spacial score (nSPS) is 11.2. The summed E-state index contributed by atoms with van der Waals surface area (Å²) in [7, 11) is -1.75. The van der Waals surface area contributed by atoms with Gasteiger partial charge in [-0.1, -0.05) is 30.3 Å². The molecule has 3 aromatic rings. The van der Waals surface area contributed by atoms with Crippen molar-refractivity contribution in [3.63, 3.8) is 0 Å². The van der Waals surface area contributed by atoms with Crippen LogP contribution in [0.15, 0.2) is 60.0 Å². The molecule has 0 unspecified atom stereocenters. The first-order valence-electron chi connectivity index (χ1n) is 8.59. The monoisotopic (exact) mass is 416 g/mol. The first-order valence-corrected chi connectivity index (χ1v) is 11.3. The average molecular weight is 417 g/mol. The zero-order valence-electron chi connectivity index (χ0n) is 15.3. The van der Waals surface area contributed by atoms with Crippen LogP contribution in [0.4, 0.5) is 5.13 Å². The number of carbonyl (C=O) groups excluding carboxylic acids is 1. The maximum absolute atomic E-state index is 12.2. The van der Waals surface area contributed by atoms with Gasteiger partial charge in [0.1, 0.15) is 5.75 Å². The molecule has 3 rings (SSSR count). The van der Waals surface area contributed by atoms with Crippen LogP contribution in [0.5, 0.6) is 5.75 Å². The molecule has 28 heavy (non-hydrogen) atoms. The summed E-state index contributed by atoms with van der Waals surface area (Å²) >= 11 is 1.29. The minimum Gasteiger partial charge on any atom is -0.497 e. The smallest absolute Gasteiger partial charge is 0.227 e. The molecule has 0 saturated heterocycles. The third kappa shape index (κ3) is 5.64. The van der Waals surface area contributed by atoms with Crippen molar-refractivity contribution >= 4 is 32.2 Å². The summed E-state index contributed by atoms with van der Waals surface area (Å²) in [6.07, 6.45) is -0.105. The Bertz CT molecular complexity index is 1030. The maximum Gasteiger partial charge on any atom is 0.227 e. The Balaban J connectivity index is 1.54. The summed E-state index contributed by atoms with van der Waals surface area (Å²) in [6, 6.07) is 16.4. The fraction of sp³-hybridized carbons (Fsp3) is 0.200. The van der Waals surface area contributed by atoms with E-state index in [0.29, 0.717) is 10.7 Å². The van der Waals surface area contributed by atoms with Crippen molar-refractivity contribution in [2.45, 2.75) is 12.2 Å². The van der Waals surface area contributed by atoms with Crippen LogP contribution in [0.2, 0.25) is 0 Å². The summed E-state index contributed by atoms with van der Waals surface area (Å²) in [5.74, 6) is 0.112. The molecule has 0 aliphatic rings. The lowest BCUT2D eigenvalue weighted by Gasteiger charge is -2.05. The third-order valence-corrected chi connectivity index (χ3v) is 6.36. The second kappa shape index (κ2) is 8.99. The van der Waals surface area contributed by atoms with Crippen molar-refractivity contribution in [2.24, 2.45) is 0 Å². The van der Waals surface area contributed by atoms with Crippen LogP contribution in [0, 0.1) is 0 Å². The number of carbonyl (C=O) groups is 1. The molecule has 0 fully saturated rings. The maximum atomic E-state index is 12.2. The minimum absolute atomic E-state index is 0.0695. The van der Waals surface area contributed by atoms with E-state index in [2.05, 4.69) is 10.3 Å². The molecule has 1 N–H and O–H groups in total. The molecule has 6 nitrogen and oxygen atoms in total. The van der Waals surface area contributed by atoms with E-state index in [4.69, 9.17) is 4.74 Å². The van der Waals surface area contributed by atoms with Gasteiger partial charge in [0.25, 0.3) is 0 Å². The quantitative estimate of drug-likeness (QED) is 0.604.